The van der Waals surface area contributed by atoms with Crippen LogP contribution >= 0.6 is 11.6 Å². The van der Waals surface area contributed by atoms with Gasteiger partial charge in [0.1, 0.15) is 6.04 Å². The molecule has 0 radical (unpaired) electrons. The first-order chi connectivity index (χ1) is 13.2. The molecule has 28 heavy (non-hydrogen) atoms. The molecule has 0 aliphatic carbocycles. The summed E-state index contributed by atoms with van der Waals surface area (Å²) in [4.78, 5) is 24.8. The number of sulfonamides is 1. The van der Waals surface area contributed by atoms with Crippen molar-refractivity contribution in [1.82, 2.24) is 0 Å². The van der Waals surface area contributed by atoms with Gasteiger partial charge in [-0.05, 0) is 42.8 Å². The number of para-hydroxylation sites is 1. The van der Waals surface area contributed by atoms with Crippen molar-refractivity contribution in [2.75, 3.05) is 23.0 Å². The van der Waals surface area contributed by atoms with Gasteiger partial charge in [0.2, 0.25) is 15.9 Å². The molecule has 0 spiro atoms. The number of ether oxygens (including phenoxy) is 1. The summed E-state index contributed by atoms with van der Waals surface area (Å²) in [6, 6.07) is 11.5. The van der Waals surface area contributed by atoms with E-state index < -0.39 is 27.9 Å². The molecule has 0 aliphatic heterocycles. The van der Waals surface area contributed by atoms with Crippen molar-refractivity contribution in [3.05, 3.63) is 59.1 Å². The smallest absolute Gasteiger partial charge is 0.339 e. The van der Waals surface area contributed by atoms with Crippen LogP contribution < -0.4 is 9.62 Å². The minimum Gasteiger partial charge on any atom is -0.465 e. The molecule has 1 atom stereocenters. The van der Waals surface area contributed by atoms with Gasteiger partial charge in [-0.15, -0.1) is 0 Å². The van der Waals surface area contributed by atoms with E-state index in [1.165, 1.54) is 25.3 Å². The number of carbonyl (C=O) groups is 2. The number of esters is 1. The number of nitrogens with one attached hydrogen (secondary N) is 1. The molecule has 0 saturated carbocycles. The number of hydrogen-bond donors (Lipinski definition) is 1. The quantitative estimate of drug-likeness (QED) is 0.688. The Kier molecular flexibility index (Phi) is 7.04. The number of rotatable bonds is 7. The maximum Gasteiger partial charge on any atom is 0.339 e. The minimum atomic E-state index is -3.77. The third kappa shape index (κ3) is 5.02. The molecule has 2 aromatic carbocycles. The minimum absolute atomic E-state index is 0.172. The van der Waals surface area contributed by atoms with Gasteiger partial charge in [-0.3, -0.25) is 9.10 Å². The van der Waals surface area contributed by atoms with E-state index in [2.05, 4.69) is 5.32 Å². The second kappa shape index (κ2) is 9.07. The largest absolute Gasteiger partial charge is 0.465 e. The number of carbonyl (C=O) groups excluding carboxylic acids is 2. The van der Waals surface area contributed by atoms with Crippen LogP contribution in [0.5, 0.6) is 0 Å². The van der Waals surface area contributed by atoms with Gasteiger partial charge in [0.15, 0.2) is 0 Å². The summed E-state index contributed by atoms with van der Waals surface area (Å²) in [5.41, 5.74) is 0.725. The fraction of sp³-hybridized carbons (Fsp3) is 0.263. The van der Waals surface area contributed by atoms with Crippen LogP contribution in [0.3, 0.4) is 0 Å². The molecule has 0 aromatic heterocycles. The molecule has 9 heteroatoms. The van der Waals surface area contributed by atoms with Crippen molar-refractivity contribution in [3.8, 4) is 0 Å². The van der Waals surface area contributed by atoms with Crippen LogP contribution in [-0.4, -0.2) is 39.7 Å². The molecule has 0 fully saturated rings. The van der Waals surface area contributed by atoms with Crippen molar-refractivity contribution in [2.24, 2.45) is 0 Å². The molecular weight excluding hydrogens is 404 g/mol. The van der Waals surface area contributed by atoms with Gasteiger partial charge in [-0.25, -0.2) is 13.2 Å². The summed E-state index contributed by atoms with van der Waals surface area (Å²) in [5, 5.41) is 3.08. The average molecular weight is 425 g/mol. The summed E-state index contributed by atoms with van der Waals surface area (Å²) in [6.45, 7) is 1.70. The van der Waals surface area contributed by atoms with Crippen molar-refractivity contribution in [2.45, 2.75) is 19.4 Å². The molecule has 7 nitrogen and oxygen atoms in total. The highest BCUT2D eigenvalue weighted by molar-refractivity contribution is 7.92. The van der Waals surface area contributed by atoms with Crippen LogP contribution in [0.2, 0.25) is 5.02 Å². The molecule has 2 rings (SSSR count). The average Bonchev–Trinajstić information content (AvgIpc) is 2.65. The maximum absolute atomic E-state index is 12.9. The lowest BCUT2D eigenvalue weighted by atomic mass is 10.1. The molecule has 0 saturated heterocycles. The third-order valence-electron chi connectivity index (χ3n) is 4.00. The Balaban J connectivity index is 2.41. The van der Waals surface area contributed by atoms with E-state index in [-0.39, 0.29) is 17.7 Å². The zero-order valence-electron chi connectivity index (χ0n) is 15.7. The molecule has 1 amide bonds. The Morgan fingerprint density at radius 1 is 1.14 bits per heavy atom. The molecule has 150 valence electrons. The van der Waals surface area contributed by atoms with Gasteiger partial charge in [0.05, 0.1) is 30.3 Å². The molecule has 1 N–H and O–H groups in total. The predicted molar refractivity (Wildman–Crippen MR) is 109 cm³/mol. The molecule has 2 aromatic rings. The van der Waals surface area contributed by atoms with Gasteiger partial charge in [-0.2, -0.15) is 0 Å². The van der Waals surface area contributed by atoms with Crippen molar-refractivity contribution in [3.63, 3.8) is 0 Å². The Labute approximate surface area is 169 Å². The Morgan fingerprint density at radius 3 is 2.29 bits per heavy atom. The first-order valence-corrected chi connectivity index (χ1v) is 10.6. The molecule has 0 unspecified atom stereocenters. The number of benzene rings is 2. The zero-order valence-corrected chi connectivity index (χ0v) is 17.3. The fourth-order valence-electron chi connectivity index (χ4n) is 2.74. The van der Waals surface area contributed by atoms with E-state index in [1.807, 2.05) is 0 Å². The highest BCUT2D eigenvalue weighted by Gasteiger charge is 2.32. The zero-order chi connectivity index (χ0) is 20.9. The van der Waals surface area contributed by atoms with Crippen LogP contribution in [0.4, 0.5) is 11.4 Å². The SMILES string of the molecule is CC[C@@H](C(=O)Nc1ccccc1C(=O)OC)N(c1ccc(Cl)cc1)S(C)(=O)=O. The summed E-state index contributed by atoms with van der Waals surface area (Å²) >= 11 is 5.88. The van der Waals surface area contributed by atoms with Crippen LogP contribution in [0.15, 0.2) is 48.5 Å². The Morgan fingerprint density at radius 2 is 1.75 bits per heavy atom. The van der Waals surface area contributed by atoms with E-state index in [0.29, 0.717) is 10.7 Å². The molecular formula is C19H21ClN2O5S. The monoisotopic (exact) mass is 424 g/mol. The van der Waals surface area contributed by atoms with Gasteiger partial charge in [0, 0.05) is 5.02 Å². The van der Waals surface area contributed by atoms with Crippen LogP contribution in [0.25, 0.3) is 0 Å². The number of amides is 1. The van der Waals surface area contributed by atoms with Crippen molar-refractivity contribution >= 4 is 44.9 Å². The Bertz CT molecular complexity index is 961. The number of hydrogen-bond acceptors (Lipinski definition) is 5. The van der Waals surface area contributed by atoms with Crippen molar-refractivity contribution < 1.29 is 22.7 Å². The molecule has 0 heterocycles. The van der Waals surface area contributed by atoms with Gasteiger partial charge in [-0.1, -0.05) is 30.7 Å². The lowest BCUT2D eigenvalue weighted by Gasteiger charge is -2.30. The molecule has 0 aliphatic rings. The summed E-state index contributed by atoms with van der Waals surface area (Å²) < 4.78 is 30.6. The van der Waals surface area contributed by atoms with Crippen molar-refractivity contribution in [1.29, 1.82) is 0 Å². The number of anilines is 2. The standard InChI is InChI=1S/C19H21ClN2O5S/c1-4-17(22(28(3,25)26)14-11-9-13(20)10-12-14)18(23)21-16-8-6-5-7-15(16)19(24)27-2/h5-12,17H,4H2,1-3H3,(H,21,23)/t17-/m0/s1. The lowest BCUT2D eigenvalue weighted by molar-refractivity contribution is -0.117. The first-order valence-electron chi connectivity index (χ1n) is 8.42. The highest BCUT2D eigenvalue weighted by atomic mass is 35.5. The second-order valence-corrected chi connectivity index (χ2v) is 8.28. The van der Waals surface area contributed by atoms with E-state index in [9.17, 15) is 18.0 Å². The van der Waals surface area contributed by atoms with Crippen LogP contribution in [0, 0.1) is 0 Å². The van der Waals surface area contributed by atoms with Gasteiger partial charge < -0.3 is 10.1 Å². The summed E-state index contributed by atoms with van der Waals surface area (Å²) in [6.07, 6.45) is 1.24. The summed E-state index contributed by atoms with van der Waals surface area (Å²) in [5.74, 6) is -1.18. The highest BCUT2D eigenvalue weighted by Crippen LogP contribution is 2.25. The normalized spacial score (nSPS) is 12.1. The van der Waals surface area contributed by atoms with Gasteiger partial charge >= 0.3 is 5.97 Å². The lowest BCUT2D eigenvalue weighted by Crippen LogP contribution is -2.47. The maximum atomic E-state index is 12.9. The first kappa shape index (κ1) is 21.7. The fourth-order valence-corrected chi connectivity index (χ4v) is 4.08. The van der Waals surface area contributed by atoms with Crippen LogP contribution in [0.1, 0.15) is 23.7 Å². The van der Waals surface area contributed by atoms with E-state index in [1.54, 1.807) is 37.3 Å². The van der Waals surface area contributed by atoms with Crippen LogP contribution in [-0.2, 0) is 19.6 Å². The Hall–Kier alpha value is -2.58. The topological polar surface area (TPSA) is 92.8 Å². The van der Waals surface area contributed by atoms with Gasteiger partial charge in [0.25, 0.3) is 0 Å². The van der Waals surface area contributed by atoms with E-state index >= 15 is 0 Å². The summed E-state index contributed by atoms with van der Waals surface area (Å²) in [7, 11) is -2.53. The predicted octanol–water partition coefficient (Wildman–Crippen LogP) is 3.31. The molecule has 0 bridgehead atoms. The van der Waals surface area contributed by atoms with E-state index in [0.717, 1.165) is 10.6 Å². The number of halogens is 1. The number of methoxy groups -OCH3 is 1. The van der Waals surface area contributed by atoms with E-state index in [4.69, 9.17) is 16.3 Å². The third-order valence-corrected chi connectivity index (χ3v) is 5.43. The number of nitrogens with zero attached hydrogens (tertiary/aromatic N) is 1. The second-order valence-electron chi connectivity index (χ2n) is 5.99.